The van der Waals surface area contributed by atoms with E-state index >= 15 is 0 Å². The van der Waals surface area contributed by atoms with Crippen LogP contribution in [0.4, 0.5) is 0 Å². The summed E-state index contributed by atoms with van der Waals surface area (Å²) in [5.74, 6) is 1.51. The van der Waals surface area contributed by atoms with Gasteiger partial charge in [0, 0.05) is 6.08 Å². The zero-order valence-electron chi connectivity index (χ0n) is 10.6. The molecule has 0 aliphatic carbocycles. The summed E-state index contributed by atoms with van der Waals surface area (Å²) in [4.78, 5) is 4.66. The second kappa shape index (κ2) is 5.13. The molecule has 0 bridgehead atoms. The van der Waals surface area contributed by atoms with Crippen molar-refractivity contribution in [2.75, 3.05) is 0 Å². The van der Waals surface area contributed by atoms with Crippen molar-refractivity contribution in [1.82, 2.24) is 4.98 Å². The van der Waals surface area contributed by atoms with Gasteiger partial charge in [-0.05, 0) is 29.9 Å². The van der Waals surface area contributed by atoms with Gasteiger partial charge in [0.15, 0.2) is 5.52 Å². The molecule has 0 saturated heterocycles. The van der Waals surface area contributed by atoms with Crippen LogP contribution in [0.5, 0.6) is 0 Å². The average molecular weight is 224 g/mol. The molecular formula is C14H17BN2+. The van der Waals surface area contributed by atoms with E-state index in [1.54, 1.807) is 0 Å². The minimum Gasteiger partial charge on any atom is -0.296 e. The molecule has 85 valence electrons. The van der Waals surface area contributed by atoms with Gasteiger partial charge in [-0.1, -0.05) is 32.1 Å². The predicted octanol–water partition coefficient (Wildman–Crippen LogP) is 2.71. The third-order valence-corrected chi connectivity index (χ3v) is 2.62. The number of hydrogen-bond donors (Lipinski definition) is 0. The molecule has 0 amide bonds. The number of para-hydroxylation sites is 1. The van der Waals surface area contributed by atoms with Crippen LogP contribution < -0.4 is 4.48 Å². The number of allylic oxidation sites excluding steroid dienone is 1. The van der Waals surface area contributed by atoms with E-state index in [2.05, 4.69) is 47.7 Å². The van der Waals surface area contributed by atoms with Crippen molar-refractivity contribution in [2.45, 2.75) is 20.7 Å². The van der Waals surface area contributed by atoms with Crippen LogP contribution in [0, 0.1) is 5.92 Å². The molecule has 2 nitrogen and oxygen atoms in total. The topological polar surface area (TPSA) is 16.8 Å². The zero-order chi connectivity index (χ0) is 12.3. The highest BCUT2D eigenvalue weighted by Crippen LogP contribution is 2.09. The van der Waals surface area contributed by atoms with Crippen molar-refractivity contribution in [2.24, 2.45) is 5.92 Å². The third-order valence-electron chi connectivity index (χ3n) is 2.62. The highest BCUT2D eigenvalue weighted by Gasteiger charge is 2.11. The first-order valence-electron chi connectivity index (χ1n) is 5.99. The Bertz CT molecular complexity index is 547. The Morgan fingerprint density at radius 3 is 2.76 bits per heavy atom. The molecule has 1 heterocycles. The Kier molecular flexibility index (Phi) is 3.57. The van der Waals surface area contributed by atoms with Crippen LogP contribution in [0.25, 0.3) is 17.0 Å². The van der Waals surface area contributed by atoms with E-state index in [1.807, 2.05) is 32.4 Å². The van der Waals surface area contributed by atoms with Crippen LogP contribution in [0.2, 0.25) is 6.82 Å². The summed E-state index contributed by atoms with van der Waals surface area (Å²) in [6.07, 6.45) is 6.36. The van der Waals surface area contributed by atoms with Crippen molar-refractivity contribution < 1.29 is 4.48 Å². The molecule has 0 atom stereocenters. The summed E-state index contributed by atoms with van der Waals surface area (Å²) in [6.45, 7) is 6.35. The second-order valence-electron chi connectivity index (χ2n) is 4.43. The first-order chi connectivity index (χ1) is 8.20. The molecule has 17 heavy (non-hydrogen) atoms. The SMILES string of the molecule is C[B][n+]1cc2ccccc2nc1/C=C/C(C)C. The Morgan fingerprint density at radius 1 is 1.29 bits per heavy atom. The molecule has 3 heteroatoms. The molecule has 0 aliphatic heterocycles. The predicted molar refractivity (Wildman–Crippen MR) is 72.8 cm³/mol. The number of fused-ring (bicyclic) bond motifs is 1. The Morgan fingerprint density at radius 2 is 2.06 bits per heavy atom. The molecular weight excluding hydrogens is 207 g/mol. The van der Waals surface area contributed by atoms with Crippen molar-refractivity contribution >= 4 is 24.4 Å². The van der Waals surface area contributed by atoms with E-state index in [0.29, 0.717) is 5.92 Å². The lowest BCUT2D eigenvalue weighted by Crippen LogP contribution is -2.41. The molecule has 0 fully saturated rings. The van der Waals surface area contributed by atoms with Crippen LogP contribution in [0.15, 0.2) is 36.5 Å². The van der Waals surface area contributed by atoms with E-state index in [0.717, 1.165) is 16.7 Å². The molecule has 2 rings (SSSR count). The van der Waals surface area contributed by atoms with Crippen molar-refractivity contribution in [3.05, 3.63) is 42.4 Å². The van der Waals surface area contributed by atoms with E-state index < -0.39 is 0 Å². The molecule has 0 N–H and O–H groups in total. The van der Waals surface area contributed by atoms with E-state index in [-0.39, 0.29) is 0 Å². The van der Waals surface area contributed by atoms with Gasteiger partial charge in [0.05, 0.1) is 11.6 Å². The molecule has 0 spiro atoms. The van der Waals surface area contributed by atoms with E-state index in [1.165, 1.54) is 0 Å². The fourth-order valence-corrected chi connectivity index (χ4v) is 1.70. The molecule has 1 aromatic heterocycles. The fraction of sp³-hybridized carbons (Fsp3) is 0.286. The summed E-state index contributed by atoms with van der Waals surface area (Å²) in [5.41, 5.74) is 1.04. The maximum Gasteiger partial charge on any atom is 0.394 e. The molecule has 0 aliphatic rings. The standard InChI is InChI=1S/C14H17BN2/c1-11(2)8-9-14-16-13-7-5-4-6-12(13)10-17(14)15-3/h4-11H,1-3H3/q+1/b9-8+. The van der Waals surface area contributed by atoms with Crippen LogP contribution in [0.3, 0.4) is 0 Å². The fourth-order valence-electron chi connectivity index (χ4n) is 1.70. The summed E-state index contributed by atoms with van der Waals surface area (Å²) >= 11 is 0. The van der Waals surface area contributed by atoms with Gasteiger partial charge >= 0.3 is 13.2 Å². The largest absolute Gasteiger partial charge is 0.394 e. The van der Waals surface area contributed by atoms with Gasteiger partial charge in [0.25, 0.3) is 0 Å². The van der Waals surface area contributed by atoms with Gasteiger partial charge in [-0.15, -0.1) is 0 Å². The van der Waals surface area contributed by atoms with Gasteiger partial charge < -0.3 is 0 Å². The number of rotatable bonds is 3. The van der Waals surface area contributed by atoms with Crippen molar-refractivity contribution in [3.8, 4) is 0 Å². The van der Waals surface area contributed by atoms with Gasteiger partial charge in [-0.2, -0.15) is 0 Å². The quantitative estimate of drug-likeness (QED) is 0.732. The lowest BCUT2D eigenvalue weighted by molar-refractivity contribution is -0.533. The molecule has 1 aromatic carbocycles. The van der Waals surface area contributed by atoms with E-state index in [4.69, 9.17) is 0 Å². The lowest BCUT2D eigenvalue weighted by atomic mass is 9.98. The Labute approximate surface area is 103 Å². The third kappa shape index (κ3) is 2.73. The highest BCUT2D eigenvalue weighted by molar-refractivity contribution is 6.22. The summed E-state index contributed by atoms with van der Waals surface area (Å²) < 4.78 is 2.06. The molecule has 0 saturated carbocycles. The van der Waals surface area contributed by atoms with Gasteiger partial charge in [0.2, 0.25) is 0 Å². The minimum absolute atomic E-state index is 0.536. The van der Waals surface area contributed by atoms with Crippen LogP contribution in [0.1, 0.15) is 19.7 Å². The maximum absolute atomic E-state index is 4.66. The van der Waals surface area contributed by atoms with Crippen LogP contribution in [-0.4, -0.2) is 12.4 Å². The van der Waals surface area contributed by atoms with Crippen LogP contribution in [-0.2, 0) is 0 Å². The maximum atomic E-state index is 4.66. The first-order valence-corrected chi connectivity index (χ1v) is 5.99. The van der Waals surface area contributed by atoms with Crippen molar-refractivity contribution in [1.29, 1.82) is 0 Å². The van der Waals surface area contributed by atoms with Gasteiger partial charge in [0.1, 0.15) is 0 Å². The smallest absolute Gasteiger partial charge is 0.296 e. The minimum atomic E-state index is 0.536. The highest BCUT2D eigenvalue weighted by atomic mass is 15.0. The zero-order valence-corrected chi connectivity index (χ0v) is 10.6. The first kappa shape index (κ1) is 11.8. The van der Waals surface area contributed by atoms with Crippen LogP contribution >= 0.6 is 0 Å². The Balaban J connectivity index is 2.53. The van der Waals surface area contributed by atoms with Crippen molar-refractivity contribution in [3.63, 3.8) is 0 Å². The lowest BCUT2D eigenvalue weighted by Gasteiger charge is -2.00. The van der Waals surface area contributed by atoms with E-state index in [9.17, 15) is 0 Å². The summed E-state index contributed by atoms with van der Waals surface area (Å²) in [6, 6.07) is 8.18. The Hall–Kier alpha value is -1.64. The molecule has 2 aromatic rings. The second-order valence-corrected chi connectivity index (χ2v) is 4.43. The number of hydrogen-bond acceptors (Lipinski definition) is 1. The molecule has 0 unspecified atom stereocenters. The number of nitrogens with zero attached hydrogens (tertiary/aromatic N) is 2. The number of aromatic nitrogens is 2. The number of benzene rings is 1. The monoisotopic (exact) mass is 224 g/mol. The van der Waals surface area contributed by atoms with Gasteiger partial charge in [-0.3, -0.25) is 4.48 Å². The summed E-state index contributed by atoms with van der Waals surface area (Å²) in [7, 11) is 2.03. The molecule has 1 radical (unpaired) electrons. The average Bonchev–Trinajstić information content (AvgIpc) is 2.35. The summed E-state index contributed by atoms with van der Waals surface area (Å²) in [5, 5.41) is 1.16. The van der Waals surface area contributed by atoms with Gasteiger partial charge in [-0.25, -0.2) is 0 Å². The normalized spacial score (nSPS) is 11.5.